The smallest absolute Gasteiger partial charge is 0.00130 e. The van der Waals surface area contributed by atoms with Crippen LogP contribution in [0.3, 0.4) is 0 Å². The second-order valence-corrected chi connectivity index (χ2v) is 12.5. The molecule has 43 heavy (non-hydrogen) atoms. The van der Waals surface area contributed by atoms with Gasteiger partial charge in [-0.1, -0.05) is 137 Å². The van der Waals surface area contributed by atoms with Crippen molar-refractivity contribution in [3.05, 3.63) is 131 Å². The topological polar surface area (TPSA) is 0 Å². The molecule has 0 fully saturated rings. The first-order valence-electron chi connectivity index (χ1n) is 16.5. The molecule has 7 rings (SSSR count). The summed E-state index contributed by atoms with van der Waals surface area (Å²) in [6.07, 6.45) is 10.8. The third-order valence-electron chi connectivity index (χ3n) is 9.59. The lowest BCUT2D eigenvalue weighted by atomic mass is 9.87. The number of rotatable bonds is 10. The Labute approximate surface area is 257 Å². The van der Waals surface area contributed by atoms with Crippen LogP contribution >= 0.6 is 0 Å². The quantitative estimate of drug-likeness (QED) is 0.146. The molecule has 0 heterocycles. The summed E-state index contributed by atoms with van der Waals surface area (Å²) < 4.78 is 0. The van der Waals surface area contributed by atoms with Gasteiger partial charge in [-0.05, 0) is 121 Å². The van der Waals surface area contributed by atoms with Gasteiger partial charge in [0.1, 0.15) is 0 Å². The Morgan fingerprint density at radius 2 is 0.860 bits per heavy atom. The van der Waals surface area contributed by atoms with Crippen molar-refractivity contribution in [2.24, 2.45) is 0 Å². The number of unbranched alkanes of at least 4 members (excludes halogenated alkanes) is 4. The Hall–Kier alpha value is -4.16. The van der Waals surface area contributed by atoms with E-state index >= 15 is 0 Å². The van der Waals surface area contributed by atoms with Gasteiger partial charge in [0.2, 0.25) is 0 Å². The maximum absolute atomic E-state index is 2.57. The molecule has 214 valence electrons. The molecule has 0 radical (unpaired) electrons. The van der Waals surface area contributed by atoms with Crippen LogP contribution < -0.4 is 0 Å². The summed E-state index contributed by atoms with van der Waals surface area (Å²) in [6, 6.07) is 41.6. The first-order chi connectivity index (χ1) is 21.2. The van der Waals surface area contributed by atoms with Crippen LogP contribution in [0.25, 0.3) is 54.9 Å². The highest BCUT2D eigenvalue weighted by Crippen LogP contribution is 2.45. The average molecular weight is 559 g/mol. The molecule has 0 amide bonds. The number of fused-ring (bicyclic) bond motifs is 5. The van der Waals surface area contributed by atoms with Crippen LogP contribution in [0.1, 0.15) is 74.6 Å². The molecule has 0 spiro atoms. The van der Waals surface area contributed by atoms with E-state index in [4.69, 9.17) is 0 Å². The van der Waals surface area contributed by atoms with Crippen molar-refractivity contribution in [2.45, 2.75) is 71.6 Å². The maximum Gasteiger partial charge on any atom is -0.00130 e. The van der Waals surface area contributed by atoms with Crippen LogP contribution in [-0.4, -0.2) is 0 Å². The highest BCUT2D eigenvalue weighted by atomic mass is 14.3. The van der Waals surface area contributed by atoms with Gasteiger partial charge in [-0.15, -0.1) is 0 Å². The van der Waals surface area contributed by atoms with Gasteiger partial charge in [-0.3, -0.25) is 0 Å². The van der Waals surface area contributed by atoms with Gasteiger partial charge in [0.05, 0.1) is 0 Å². The highest BCUT2D eigenvalue weighted by molar-refractivity contribution is 6.00. The Morgan fingerprint density at radius 3 is 1.33 bits per heavy atom. The van der Waals surface area contributed by atoms with Crippen molar-refractivity contribution in [1.82, 2.24) is 0 Å². The number of hydrogen-bond acceptors (Lipinski definition) is 0. The molecule has 0 unspecified atom stereocenters. The van der Waals surface area contributed by atoms with Crippen LogP contribution in [0.2, 0.25) is 0 Å². The number of hydrogen-bond donors (Lipinski definition) is 0. The molecule has 0 saturated heterocycles. The molecular formula is C43H42. The zero-order chi connectivity index (χ0) is 29.2. The van der Waals surface area contributed by atoms with E-state index in [1.165, 1.54) is 116 Å². The van der Waals surface area contributed by atoms with E-state index in [0.29, 0.717) is 0 Å². The predicted molar refractivity (Wildman–Crippen MR) is 187 cm³/mol. The third kappa shape index (κ3) is 5.29. The van der Waals surface area contributed by atoms with Crippen LogP contribution in [0.4, 0.5) is 0 Å². The Bertz CT molecular complexity index is 1770. The minimum atomic E-state index is 1.00. The molecule has 6 aromatic carbocycles. The lowest BCUT2D eigenvalue weighted by molar-refractivity contribution is 0.718. The van der Waals surface area contributed by atoms with E-state index in [1.807, 2.05) is 0 Å². The lowest BCUT2D eigenvalue weighted by Crippen LogP contribution is -1.96. The summed E-state index contributed by atoms with van der Waals surface area (Å²) in [6.45, 7) is 4.61. The molecule has 0 aliphatic heterocycles. The zero-order valence-electron chi connectivity index (χ0n) is 25.8. The molecule has 0 aromatic heterocycles. The van der Waals surface area contributed by atoms with Crippen molar-refractivity contribution in [3.63, 3.8) is 0 Å². The summed E-state index contributed by atoms with van der Waals surface area (Å²) in [7, 11) is 0. The molecule has 0 nitrogen and oxygen atoms in total. The molecule has 0 atom stereocenters. The average Bonchev–Trinajstić information content (AvgIpc) is 3.40. The van der Waals surface area contributed by atoms with Gasteiger partial charge in [0.25, 0.3) is 0 Å². The normalized spacial score (nSPS) is 12.1. The van der Waals surface area contributed by atoms with Gasteiger partial charge in [-0.25, -0.2) is 0 Å². The molecule has 0 heteroatoms. The largest absolute Gasteiger partial charge is 0.0654 e. The number of benzene rings is 6. The van der Waals surface area contributed by atoms with Gasteiger partial charge in [0.15, 0.2) is 0 Å². The van der Waals surface area contributed by atoms with Crippen LogP contribution in [-0.2, 0) is 19.3 Å². The fraction of sp³-hybridized carbons (Fsp3) is 0.256. The third-order valence-corrected chi connectivity index (χ3v) is 9.59. The zero-order valence-corrected chi connectivity index (χ0v) is 25.8. The fourth-order valence-electron chi connectivity index (χ4n) is 7.34. The monoisotopic (exact) mass is 558 g/mol. The molecule has 1 aliphatic rings. The predicted octanol–water partition coefficient (Wildman–Crippen LogP) is 12.4. The number of aryl methyl sites for hydroxylation is 2. The highest BCUT2D eigenvalue weighted by Gasteiger charge is 2.24. The molecular weight excluding hydrogens is 516 g/mol. The van der Waals surface area contributed by atoms with Gasteiger partial charge < -0.3 is 0 Å². The van der Waals surface area contributed by atoms with Crippen molar-refractivity contribution in [1.29, 1.82) is 0 Å². The molecule has 0 N–H and O–H groups in total. The first-order valence-corrected chi connectivity index (χ1v) is 16.5. The van der Waals surface area contributed by atoms with Crippen molar-refractivity contribution < 1.29 is 0 Å². The summed E-state index contributed by atoms with van der Waals surface area (Å²) >= 11 is 0. The minimum Gasteiger partial charge on any atom is -0.0654 e. The minimum absolute atomic E-state index is 1.00. The summed E-state index contributed by atoms with van der Waals surface area (Å²) in [5, 5.41) is 5.35. The van der Waals surface area contributed by atoms with E-state index < -0.39 is 0 Å². The van der Waals surface area contributed by atoms with E-state index in [1.54, 1.807) is 0 Å². The Morgan fingerprint density at radius 1 is 0.419 bits per heavy atom. The van der Waals surface area contributed by atoms with E-state index in [-0.39, 0.29) is 0 Å². The second-order valence-electron chi connectivity index (χ2n) is 12.5. The van der Waals surface area contributed by atoms with E-state index in [2.05, 4.69) is 123 Å². The summed E-state index contributed by atoms with van der Waals surface area (Å²) in [5.41, 5.74) is 14.5. The van der Waals surface area contributed by atoms with Crippen molar-refractivity contribution in [3.8, 4) is 33.4 Å². The van der Waals surface area contributed by atoms with Crippen LogP contribution in [0, 0.1) is 0 Å². The van der Waals surface area contributed by atoms with Crippen molar-refractivity contribution in [2.75, 3.05) is 0 Å². The SMILES string of the molecule is CCCCCc1cc2c(cc1-c1cccc3ccccc13)Cc1cc(-c3cccc4ccccc34)c(CCCCC)cc1-2. The van der Waals surface area contributed by atoms with Crippen LogP contribution in [0.5, 0.6) is 0 Å². The van der Waals surface area contributed by atoms with Crippen molar-refractivity contribution >= 4 is 21.5 Å². The first kappa shape index (κ1) is 27.7. The van der Waals surface area contributed by atoms with Gasteiger partial charge in [0, 0.05) is 0 Å². The maximum atomic E-state index is 2.57. The van der Waals surface area contributed by atoms with Gasteiger partial charge >= 0.3 is 0 Å². The lowest BCUT2D eigenvalue weighted by Gasteiger charge is -2.17. The Balaban J connectivity index is 1.38. The summed E-state index contributed by atoms with van der Waals surface area (Å²) in [5.74, 6) is 0. The second kappa shape index (κ2) is 12.2. The molecule has 6 aromatic rings. The van der Waals surface area contributed by atoms with Gasteiger partial charge in [-0.2, -0.15) is 0 Å². The van der Waals surface area contributed by atoms with E-state index in [0.717, 1.165) is 19.3 Å². The molecule has 0 saturated carbocycles. The summed E-state index contributed by atoms with van der Waals surface area (Å²) in [4.78, 5) is 0. The van der Waals surface area contributed by atoms with E-state index in [9.17, 15) is 0 Å². The van der Waals surface area contributed by atoms with Crippen LogP contribution in [0.15, 0.2) is 109 Å². The molecule has 0 bridgehead atoms. The Kier molecular flexibility index (Phi) is 7.86. The standard InChI is InChI=1S/C43H42/c1-3-5-7-17-32-26-42-34(28-40(32)38-23-13-19-30-15-9-11-21-36(30)38)25-35-29-41(33(27-43(35)42)18-8-6-4-2)39-24-14-20-31-16-10-12-22-37(31)39/h9-16,19-24,26-29H,3-8,17-18,25H2,1-2H3. The fourth-order valence-corrected chi connectivity index (χ4v) is 7.34. The molecule has 1 aliphatic carbocycles.